The third-order valence-corrected chi connectivity index (χ3v) is 4.01. The van der Waals surface area contributed by atoms with E-state index in [1.807, 2.05) is 0 Å². The highest BCUT2D eigenvalue weighted by molar-refractivity contribution is 6.30. The number of hydrogen-bond donors (Lipinski definition) is 0. The van der Waals surface area contributed by atoms with E-state index in [9.17, 15) is 26.3 Å². The molecule has 0 saturated carbocycles. The Morgan fingerprint density at radius 3 is 2.00 bits per heavy atom. The second kappa shape index (κ2) is 7.38. The quantitative estimate of drug-likeness (QED) is 0.474. The average molecular weight is 421 g/mol. The summed E-state index contributed by atoms with van der Waals surface area (Å²) in [6.07, 6.45) is -8.75. The van der Waals surface area contributed by atoms with Crippen molar-refractivity contribution >= 4 is 11.6 Å². The Morgan fingerprint density at radius 2 is 1.46 bits per heavy atom. The molecule has 28 heavy (non-hydrogen) atoms. The summed E-state index contributed by atoms with van der Waals surface area (Å²) in [6, 6.07) is 9.82. The van der Waals surface area contributed by atoms with E-state index in [1.165, 1.54) is 0 Å². The molecule has 1 aromatic heterocycles. The molecule has 0 amide bonds. The van der Waals surface area contributed by atoms with Crippen molar-refractivity contribution in [2.75, 3.05) is 0 Å². The van der Waals surface area contributed by atoms with Gasteiger partial charge in [-0.05, 0) is 42.0 Å². The van der Waals surface area contributed by atoms with Gasteiger partial charge in [-0.25, -0.2) is 4.68 Å². The maximum Gasteiger partial charge on any atom is 0.423 e. The van der Waals surface area contributed by atoms with Crippen molar-refractivity contribution in [2.24, 2.45) is 0 Å². The van der Waals surface area contributed by atoms with Crippen molar-refractivity contribution in [1.82, 2.24) is 9.78 Å². The summed E-state index contributed by atoms with van der Waals surface area (Å²) in [7, 11) is 0. The smallest absolute Gasteiger partial charge is 0.423 e. The summed E-state index contributed by atoms with van der Waals surface area (Å²) in [5.74, 6) is -0.623. The van der Waals surface area contributed by atoms with Gasteiger partial charge in [-0.1, -0.05) is 23.7 Å². The number of halogens is 7. The van der Waals surface area contributed by atoms with Crippen LogP contribution in [0.5, 0.6) is 5.88 Å². The van der Waals surface area contributed by atoms with Gasteiger partial charge in [0, 0.05) is 5.02 Å². The summed E-state index contributed by atoms with van der Waals surface area (Å²) in [5.41, 5.74) is -1.52. The lowest BCUT2D eigenvalue weighted by molar-refractivity contribution is -0.139. The van der Waals surface area contributed by atoms with E-state index < -0.39 is 29.4 Å². The first kappa shape index (κ1) is 20.1. The maximum atomic E-state index is 13.3. The number of nitrogens with zero attached hydrogens (tertiary/aromatic N) is 2. The second-order valence-electron chi connectivity index (χ2n) is 5.73. The van der Waals surface area contributed by atoms with E-state index in [4.69, 9.17) is 16.3 Å². The fourth-order valence-corrected chi connectivity index (χ4v) is 2.50. The Hall–Kier alpha value is -2.68. The van der Waals surface area contributed by atoms with Crippen LogP contribution >= 0.6 is 11.6 Å². The zero-order valence-electron chi connectivity index (χ0n) is 13.9. The fourth-order valence-electron chi connectivity index (χ4n) is 2.38. The molecule has 0 fully saturated rings. The van der Waals surface area contributed by atoms with Gasteiger partial charge in [0.15, 0.2) is 0 Å². The summed E-state index contributed by atoms with van der Waals surface area (Å²) in [5, 5.41) is 4.09. The standard InChI is InChI=1S/C18H11ClF6N2O/c19-13-5-1-11(2-6-13)10-28-16-15(18(23,24)25)9-26-27(16)14-7-3-12(4-8-14)17(20,21)22/h1-9H,10H2. The third kappa shape index (κ3) is 4.41. The first-order chi connectivity index (χ1) is 13.1. The van der Waals surface area contributed by atoms with Gasteiger partial charge >= 0.3 is 12.4 Å². The highest BCUT2D eigenvalue weighted by atomic mass is 35.5. The molecule has 0 aliphatic rings. The third-order valence-electron chi connectivity index (χ3n) is 3.76. The van der Waals surface area contributed by atoms with Crippen LogP contribution < -0.4 is 4.74 Å². The zero-order valence-corrected chi connectivity index (χ0v) is 14.6. The molecule has 0 radical (unpaired) electrons. The van der Waals surface area contributed by atoms with E-state index >= 15 is 0 Å². The highest BCUT2D eigenvalue weighted by Gasteiger charge is 2.38. The van der Waals surface area contributed by atoms with Gasteiger partial charge < -0.3 is 4.74 Å². The van der Waals surface area contributed by atoms with Gasteiger partial charge in [-0.15, -0.1) is 0 Å². The second-order valence-corrected chi connectivity index (χ2v) is 6.17. The molecule has 2 aromatic carbocycles. The van der Waals surface area contributed by atoms with Crippen LogP contribution in [0, 0.1) is 0 Å². The molecule has 0 N–H and O–H groups in total. The molecular formula is C18H11ClF6N2O. The van der Waals surface area contributed by atoms with Crippen molar-refractivity contribution in [3.8, 4) is 11.6 Å². The Bertz CT molecular complexity index is 946. The first-order valence-electron chi connectivity index (χ1n) is 7.76. The van der Waals surface area contributed by atoms with Crippen molar-refractivity contribution < 1.29 is 31.1 Å². The number of ether oxygens (including phenoxy) is 1. The van der Waals surface area contributed by atoms with Crippen molar-refractivity contribution in [2.45, 2.75) is 19.0 Å². The number of benzene rings is 2. The van der Waals surface area contributed by atoms with Crippen molar-refractivity contribution in [3.05, 3.63) is 76.4 Å². The number of hydrogen-bond acceptors (Lipinski definition) is 2. The van der Waals surface area contributed by atoms with Gasteiger partial charge in [0.25, 0.3) is 0 Å². The van der Waals surface area contributed by atoms with E-state index in [-0.39, 0.29) is 12.3 Å². The Labute approximate surface area is 160 Å². The van der Waals surface area contributed by atoms with Gasteiger partial charge in [-0.2, -0.15) is 31.4 Å². The summed E-state index contributed by atoms with van der Waals surface area (Å²) in [4.78, 5) is 0. The summed E-state index contributed by atoms with van der Waals surface area (Å²) >= 11 is 5.76. The Morgan fingerprint density at radius 1 is 0.857 bits per heavy atom. The van der Waals surface area contributed by atoms with Crippen LogP contribution in [0.3, 0.4) is 0 Å². The molecule has 3 nitrogen and oxygen atoms in total. The van der Waals surface area contributed by atoms with Gasteiger partial charge in [0.05, 0.1) is 17.4 Å². The SMILES string of the molecule is FC(F)(F)c1ccc(-n2ncc(C(F)(F)F)c2OCc2ccc(Cl)cc2)cc1. The average Bonchev–Trinajstić information content (AvgIpc) is 3.05. The lowest BCUT2D eigenvalue weighted by atomic mass is 10.2. The van der Waals surface area contributed by atoms with Crippen LogP contribution in [-0.2, 0) is 19.0 Å². The minimum absolute atomic E-state index is 0.00499. The van der Waals surface area contributed by atoms with E-state index in [1.54, 1.807) is 24.3 Å². The van der Waals surface area contributed by atoms with Crippen LogP contribution in [-0.4, -0.2) is 9.78 Å². The number of rotatable bonds is 4. The fraction of sp³-hybridized carbons (Fsp3) is 0.167. The normalized spacial score (nSPS) is 12.2. The minimum atomic E-state index is -4.75. The van der Waals surface area contributed by atoms with Crippen LogP contribution in [0.4, 0.5) is 26.3 Å². The molecular weight excluding hydrogens is 410 g/mol. The maximum absolute atomic E-state index is 13.3. The molecule has 3 aromatic rings. The van der Waals surface area contributed by atoms with Crippen LogP contribution in [0.2, 0.25) is 5.02 Å². The Balaban J connectivity index is 1.95. The molecule has 148 valence electrons. The zero-order chi connectivity index (χ0) is 20.5. The largest absolute Gasteiger partial charge is 0.472 e. The summed E-state index contributed by atoms with van der Waals surface area (Å²) < 4.78 is 84.0. The molecule has 10 heteroatoms. The molecule has 0 bridgehead atoms. The van der Waals surface area contributed by atoms with Crippen LogP contribution in [0.25, 0.3) is 5.69 Å². The molecule has 0 unspecified atom stereocenters. The van der Waals surface area contributed by atoms with E-state index in [0.717, 1.165) is 28.9 Å². The molecule has 1 heterocycles. The molecule has 0 aliphatic carbocycles. The molecule has 0 aliphatic heterocycles. The van der Waals surface area contributed by atoms with Gasteiger partial charge in [-0.3, -0.25) is 0 Å². The minimum Gasteiger partial charge on any atom is -0.472 e. The highest BCUT2D eigenvalue weighted by Crippen LogP contribution is 2.38. The van der Waals surface area contributed by atoms with Gasteiger partial charge in [0.1, 0.15) is 12.2 Å². The summed E-state index contributed by atoms with van der Waals surface area (Å²) in [6.45, 7) is -0.216. The molecule has 0 saturated heterocycles. The Kier molecular flexibility index (Phi) is 5.29. The monoisotopic (exact) mass is 420 g/mol. The van der Waals surface area contributed by atoms with Gasteiger partial charge in [0.2, 0.25) is 5.88 Å². The molecule has 0 spiro atoms. The van der Waals surface area contributed by atoms with E-state index in [0.29, 0.717) is 16.8 Å². The molecule has 3 rings (SSSR count). The van der Waals surface area contributed by atoms with E-state index in [2.05, 4.69) is 5.10 Å². The predicted molar refractivity (Wildman–Crippen MR) is 89.4 cm³/mol. The first-order valence-corrected chi connectivity index (χ1v) is 8.13. The van der Waals surface area contributed by atoms with Crippen LogP contribution in [0.15, 0.2) is 54.7 Å². The topological polar surface area (TPSA) is 27.1 Å². The van der Waals surface area contributed by atoms with Crippen molar-refractivity contribution in [1.29, 1.82) is 0 Å². The van der Waals surface area contributed by atoms with Crippen LogP contribution in [0.1, 0.15) is 16.7 Å². The molecule has 0 atom stereocenters. The lowest BCUT2D eigenvalue weighted by Gasteiger charge is -2.14. The predicted octanol–water partition coefficient (Wildman–Crippen LogP) is 6.14. The van der Waals surface area contributed by atoms with Crippen molar-refractivity contribution in [3.63, 3.8) is 0 Å². The lowest BCUT2D eigenvalue weighted by Crippen LogP contribution is -2.10. The number of alkyl halides is 6. The number of aromatic nitrogens is 2.